The Morgan fingerprint density at radius 3 is 2.89 bits per heavy atom. The van der Waals surface area contributed by atoms with Crippen molar-refractivity contribution in [2.75, 3.05) is 13.1 Å². The molecule has 5 heteroatoms. The van der Waals surface area contributed by atoms with Gasteiger partial charge in [0.1, 0.15) is 0 Å². The number of nitrogens with one attached hydrogen (secondary N) is 2. The van der Waals surface area contributed by atoms with E-state index in [2.05, 4.69) is 27.5 Å². The van der Waals surface area contributed by atoms with Crippen molar-refractivity contribution in [2.45, 2.75) is 51.6 Å². The number of aromatic nitrogens is 2. The van der Waals surface area contributed by atoms with Gasteiger partial charge in [0.2, 0.25) is 0 Å². The zero-order valence-corrected chi connectivity index (χ0v) is 11.8. The third kappa shape index (κ3) is 4.93. The highest BCUT2D eigenvalue weighted by molar-refractivity contribution is 5.80. The number of rotatable bonds is 5. The van der Waals surface area contributed by atoms with Crippen LogP contribution in [-0.4, -0.2) is 34.6 Å². The van der Waals surface area contributed by atoms with Crippen LogP contribution in [0.4, 0.5) is 0 Å². The van der Waals surface area contributed by atoms with E-state index < -0.39 is 0 Å². The summed E-state index contributed by atoms with van der Waals surface area (Å²) in [6, 6.07) is 0.597. The average Bonchev–Trinajstić information content (AvgIpc) is 2.93. The molecule has 0 aromatic carbocycles. The normalized spacial score (nSPS) is 17.4. The van der Waals surface area contributed by atoms with Crippen LogP contribution in [0.15, 0.2) is 23.7 Å². The van der Waals surface area contributed by atoms with Gasteiger partial charge in [-0.3, -0.25) is 4.99 Å². The van der Waals surface area contributed by atoms with E-state index in [4.69, 9.17) is 0 Å². The molecule has 5 nitrogen and oxygen atoms in total. The minimum Gasteiger partial charge on any atom is -0.357 e. The molecule has 19 heavy (non-hydrogen) atoms. The molecule has 1 aromatic rings. The first-order valence-electron chi connectivity index (χ1n) is 7.39. The van der Waals surface area contributed by atoms with Crippen molar-refractivity contribution in [3.63, 3.8) is 0 Å². The molecule has 0 spiro atoms. The third-order valence-corrected chi connectivity index (χ3v) is 3.48. The summed E-state index contributed by atoms with van der Waals surface area (Å²) >= 11 is 0. The molecule has 1 heterocycles. The van der Waals surface area contributed by atoms with Gasteiger partial charge in [-0.25, -0.2) is 4.98 Å². The highest BCUT2D eigenvalue weighted by Crippen LogP contribution is 2.17. The zero-order valence-electron chi connectivity index (χ0n) is 11.8. The molecule has 0 saturated heterocycles. The van der Waals surface area contributed by atoms with Crippen molar-refractivity contribution in [3.05, 3.63) is 18.7 Å². The molecule has 106 valence electrons. The molecule has 0 aliphatic heterocycles. The van der Waals surface area contributed by atoms with Gasteiger partial charge in [0.05, 0.1) is 12.9 Å². The fourth-order valence-corrected chi connectivity index (χ4v) is 2.46. The molecule has 0 bridgehead atoms. The summed E-state index contributed by atoms with van der Waals surface area (Å²) in [6.45, 7) is 4.66. The fourth-order valence-electron chi connectivity index (χ4n) is 2.46. The van der Waals surface area contributed by atoms with E-state index >= 15 is 0 Å². The van der Waals surface area contributed by atoms with Gasteiger partial charge >= 0.3 is 0 Å². The Bertz CT molecular complexity index is 365. The monoisotopic (exact) mass is 263 g/mol. The maximum Gasteiger partial charge on any atom is 0.191 e. The van der Waals surface area contributed by atoms with Gasteiger partial charge < -0.3 is 15.2 Å². The second-order valence-corrected chi connectivity index (χ2v) is 5.04. The maximum atomic E-state index is 4.63. The van der Waals surface area contributed by atoms with Gasteiger partial charge in [0.25, 0.3) is 0 Å². The summed E-state index contributed by atoms with van der Waals surface area (Å²) in [6.07, 6.45) is 12.2. The summed E-state index contributed by atoms with van der Waals surface area (Å²) < 4.78 is 2.05. The van der Waals surface area contributed by atoms with Crippen molar-refractivity contribution >= 4 is 5.96 Å². The molecule has 0 amide bonds. The molecule has 1 aromatic heterocycles. The summed E-state index contributed by atoms with van der Waals surface area (Å²) in [7, 11) is 0. The topological polar surface area (TPSA) is 54.2 Å². The SMILES string of the molecule is CCNC(=NCCn1ccnc1)NC1CCCCC1. The minimum atomic E-state index is 0.597. The van der Waals surface area contributed by atoms with E-state index in [0.717, 1.165) is 25.6 Å². The highest BCUT2D eigenvalue weighted by atomic mass is 15.2. The van der Waals surface area contributed by atoms with Gasteiger partial charge in [0, 0.05) is 31.5 Å². The number of imidazole rings is 1. The minimum absolute atomic E-state index is 0.597. The van der Waals surface area contributed by atoms with E-state index in [9.17, 15) is 0 Å². The fraction of sp³-hybridized carbons (Fsp3) is 0.714. The largest absolute Gasteiger partial charge is 0.357 e. The van der Waals surface area contributed by atoms with Crippen LogP contribution in [0.5, 0.6) is 0 Å². The van der Waals surface area contributed by atoms with Crippen LogP contribution < -0.4 is 10.6 Å². The van der Waals surface area contributed by atoms with Gasteiger partial charge in [-0.15, -0.1) is 0 Å². The van der Waals surface area contributed by atoms with Crippen LogP contribution in [-0.2, 0) is 6.54 Å². The third-order valence-electron chi connectivity index (χ3n) is 3.48. The number of guanidine groups is 1. The Morgan fingerprint density at radius 2 is 2.21 bits per heavy atom. The van der Waals surface area contributed by atoms with E-state index in [1.807, 2.05) is 17.1 Å². The van der Waals surface area contributed by atoms with Crippen molar-refractivity contribution in [3.8, 4) is 0 Å². The first kappa shape index (κ1) is 13.9. The van der Waals surface area contributed by atoms with Crippen LogP contribution in [0.2, 0.25) is 0 Å². The average molecular weight is 263 g/mol. The van der Waals surface area contributed by atoms with E-state index in [1.54, 1.807) is 6.20 Å². The van der Waals surface area contributed by atoms with Crippen LogP contribution >= 0.6 is 0 Å². The van der Waals surface area contributed by atoms with Crippen LogP contribution in [0, 0.1) is 0 Å². The van der Waals surface area contributed by atoms with E-state index in [-0.39, 0.29) is 0 Å². The van der Waals surface area contributed by atoms with Gasteiger partial charge in [-0.05, 0) is 19.8 Å². The highest BCUT2D eigenvalue weighted by Gasteiger charge is 2.14. The molecule has 1 saturated carbocycles. The molecule has 2 rings (SSSR count). The lowest BCUT2D eigenvalue weighted by Gasteiger charge is -2.24. The first-order valence-corrected chi connectivity index (χ1v) is 7.39. The first-order chi connectivity index (χ1) is 9.38. The summed E-state index contributed by atoms with van der Waals surface area (Å²) in [5.74, 6) is 0.953. The van der Waals surface area contributed by atoms with Crippen LogP contribution in [0.3, 0.4) is 0 Å². The molecular formula is C14H25N5. The zero-order chi connectivity index (χ0) is 13.3. The number of hydrogen-bond donors (Lipinski definition) is 2. The molecule has 2 N–H and O–H groups in total. The van der Waals surface area contributed by atoms with Crippen molar-refractivity contribution in [1.29, 1.82) is 0 Å². The Labute approximate surface area is 115 Å². The molecule has 0 radical (unpaired) electrons. The summed E-state index contributed by atoms with van der Waals surface area (Å²) in [4.78, 5) is 8.66. The number of hydrogen-bond acceptors (Lipinski definition) is 2. The molecule has 1 aliphatic rings. The Balaban J connectivity index is 1.79. The smallest absolute Gasteiger partial charge is 0.191 e. The van der Waals surface area contributed by atoms with E-state index in [0.29, 0.717) is 6.04 Å². The Hall–Kier alpha value is -1.52. The summed E-state index contributed by atoms with van der Waals surface area (Å²) in [5.41, 5.74) is 0. The second kappa shape index (κ2) is 7.81. The van der Waals surface area contributed by atoms with Crippen molar-refractivity contribution in [1.82, 2.24) is 20.2 Å². The molecule has 1 fully saturated rings. The van der Waals surface area contributed by atoms with Gasteiger partial charge in [0.15, 0.2) is 5.96 Å². The number of aliphatic imine (C=N–C) groups is 1. The predicted octanol–water partition coefficient (Wildman–Crippen LogP) is 1.77. The molecule has 1 aliphatic carbocycles. The Kier molecular flexibility index (Phi) is 5.72. The standard InChI is InChI=1S/C14H25N5/c1-2-16-14(18-13-6-4-3-5-7-13)17-9-11-19-10-8-15-12-19/h8,10,12-13H,2-7,9,11H2,1H3,(H2,16,17,18). The number of nitrogens with zero attached hydrogens (tertiary/aromatic N) is 3. The quantitative estimate of drug-likeness (QED) is 0.629. The molecular weight excluding hydrogens is 238 g/mol. The van der Waals surface area contributed by atoms with Crippen molar-refractivity contribution in [2.24, 2.45) is 4.99 Å². The van der Waals surface area contributed by atoms with Crippen LogP contribution in [0.25, 0.3) is 0 Å². The molecule has 0 atom stereocenters. The maximum absolute atomic E-state index is 4.63. The van der Waals surface area contributed by atoms with E-state index in [1.165, 1.54) is 32.1 Å². The lowest BCUT2D eigenvalue weighted by molar-refractivity contribution is 0.410. The predicted molar refractivity (Wildman–Crippen MR) is 78.2 cm³/mol. The second-order valence-electron chi connectivity index (χ2n) is 5.04. The van der Waals surface area contributed by atoms with Crippen molar-refractivity contribution < 1.29 is 0 Å². The molecule has 0 unspecified atom stereocenters. The lowest BCUT2D eigenvalue weighted by atomic mass is 9.96. The Morgan fingerprint density at radius 1 is 1.37 bits per heavy atom. The lowest BCUT2D eigenvalue weighted by Crippen LogP contribution is -2.44. The van der Waals surface area contributed by atoms with Gasteiger partial charge in [-0.1, -0.05) is 19.3 Å². The summed E-state index contributed by atoms with van der Waals surface area (Å²) in [5, 5.41) is 6.87. The van der Waals surface area contributed by atoms with Crippen LogP contribution in [0.1, 0.15) is 39.0 Å². The van der Waals surface area contributed by atoms with Gasteiger partial charge in [-0.2, -0.15) is 0 Å².